The first-order valence-corrected chi connectivity index (χ1v) is 17.8. The van der Waals surface area contributed by atoms with Gasteiger partial charge in [-0.2, -0.15) is 0 Å². The van der Waals surface area contributed by atoms with Crippen LogP contribution in [-0.4, -0.2) is 82.6 Å². The highest BCUT2D eigenvalue weighted by atomic mass is 32.2. The fraction of sp³-hybridized carbons (Fsp3) is 0.297. The van der Waals surface area contributed by atoms with Gasteiger partial charge in [0.25, 0.3) is 11.8 Å². The maximum Gasteiger partial charge on any atom is 0.255 e. The zero-order valence-corrected chi connectivity index (χ0v) is 27.4. The number of amides is 2. The predicted molar refractivity (Wildman–Crippen MR) is 187 cm³/mol. The van der Waals surface area contributed by atoms with Crippen molar-refractivity contribution < 1.29 is 22.7 Å². The van der Waals surface area contributed by atoms with E-state index in [4.69, 9.17) is 4.74 Å². The van der Waals surface area contributed by atoms with Crippen LogP contribution in [-0.2, 0) is 21.0 Å². The number of ether oxygens (including phenoxy) is 1. The summed E-state index contributed by atoms with van der Waals surface area (Å²) in [4.78, 5) is 30.6. The molecule has 2 saturated heterocycles. The Hall–Kier alpha value is -4.51. The average Bonchev–Trinajstić information content (AvgIpc) is 3.09. The highest BCUT2D eigenvalue weighted by molar-refractivity contribution is 7.91. The molecule has 0 bridgehead atoms. The number of hydrogen-bond donors (Lipinski definition) is 2. The van der Waals surface area contributed by atoms with E-state index in [0.717, 1.165) is 72.9 Å². The van der Waals surface area contributed by atoms with E-state index in [1.54, 1.807) is 12.1 Å². The number of nitrogens with zero attached hydrogens (tertiary/aromatic N) is 2. The summed E-state index contributed by atoms with van der Waals surface area (Å²) in [5.41, 5.74) is 7.64. The van der Waals surface area contributed by atoms with Crippen molar-refractivity contribution in [1.29, 1.82) is 0 Å². The van der Waals surface area contributed by atoms with Gasteiger partial charge in [0.05, 0.1) is 24.7 Å². The number of benzene rings is 4. The summed E-state index contributed by atoms with van der Waals surface area (Å²) in [6.45, 7) is 7.14. The number of anilines is 3. The molecular formula is C37H40N4O5S. The number of aryl methyl sites for hydroxylation is 1. The van der Waals surface area contributed by atoms with E-state index in [-0.39, 0.29) is 23.3 Å². The SMILES string of the molecule is Cc1ccc(C(=O)Nc2ccc(N3CCOCC3)cc2)cc1-c1ccc(C(=O)Nc2ccc(CCN3CCS(=O)(=O)CC3)cc2)cc1. The Labute approximate surface area is 276 Å². The second-order valence-electron chi connectivity index (χ2n) is 12.1. The summed E-state index contributed by atoms with van der Waals surface area (Å²) in [6, 6.07) is 28.7. The molecule has 9 nitrogen and oxygen atoms in total. The van der Waals surface area contributed by atoms with Crippen molar-refractivity contribution in [3.63, 3.8) is 0 Å². The van der Waals surface area contributed by atoms with E-state index in [0.29, 0.717) is 29.9 Å². The molecule has 4 aromatic carbocycles. The molecule has 2 aliphatic rings. The summed E-state index contributed by atoms with van der Waals surface area (Å²) in [5, 5.41) is 5.97. The summed E-state index contributed by atoms with van der Waals surface area (Å²) in [7, 11) is -2.88. The molecule has 2 aliphatic heterocycles. The van der Waals surface area contributed by atoms with Crippen LogP contribution in [0.25, 0.3) is 11.1 Å². The fourth-order valence-electron chi connectivity index (χ4n) is 5.87. The molecule has 0 unspecified atom stereocenters. The fourth-order valence-corrected chi connectivity index (χ4v) is 7.15. The highest BCUT2D eigenvalue weighted by Gasteiger charge is 2.21. The van der Waals surface area contributed by atoms with Gasteiger partial charge in [0, 0.05) is 60.9 Å². The maximum absolute atomic E-state index is 13.2. The molecule has 2 amide bonds. The Morgan fingerprint density at radius 1 is 0.723 bits per heavy atom. The van der Waals surface area contributed by atoms with E-state index in [2.05, 4.69) is 20.4 Å². The summed E-state index contributed by atoms with van der Waals surface area (Å²) < 4.78 is 28.7. The minimum absolute atomic E-state index is 0.186. The second kappa shape index (κ2) is 14.5. The van der Waals surface area contributed by atoms with Gasteiger partial charge < -0.3 is 25.2 Å². The third-order valence-electron chi connectivity index (χ3n) is 8.82. The van der Waals surface area contributed by atoms with Crippen LogP contribution in [0.1, 0.15) is 31.8 Å². The first kappa shape index (κ1) is 32.4. The molecular weight excluding hydrogens is 612 g/mol. The van der Waals surface area contributed by atoms with Crippen molar-refractivity contribution in [3.8, 4) is 11.1 Å². The van der Waals surface area contributed by atoms with E-state index in [9.17, 15) is 18.0 Å². The first-order chi connectivity index (χ1) is 22.7. The van der Waals surface area contributed by atoms with Gasteiger partial charge in [-0.15, -0.1) is 0 Å². The van der Waals surface area contributed by atoms with Crippen LogP contribution in [0.15, 0.2) is 91.0 Å². The number of rotatable bonds is 9. The molecule has 244 valence electrons. The lowest BCUT2D eigenvalue weighted by molar-refractivity contribution is 0.101. The van der Waals surface area contributed by atoms with Crippen molar-refractivity contribution >= 4 is 38.7 Å². The molecule has 10 heteroatoms. The molecule has 0 aliphatic carbocycles. The minimum Gasteiger partial charge on any atom is -0.378 e. The molecule has 6 rings (SSSR count). The van der Waals surface area contributed by atoms with Crippen molar-refractivity contribution in [3.05, 3.63) is 113 Å². The van der Waals surface area contributed by atoms with Crippen molar-refractivity contribution in [2.45, 2.75) is 13.3 Å². The Morgan fingerprint density at radius 2 is 1.30 bits per heavy atom. The standard InChI is InChI=1S/C37H40N4O5S/c1-27-2-5-31(37(43)39-33-12-14-34(15-13-33)41-18-22-46-23-19-41)26-35(27)29-6-8-30(9-7-29)36(42)38-32-10-3-28(4-11-32)16-17-40-20-24-47(44,45)25-21-40/h2-15,26H,16-25H2,1H3,(H,38,42)(H,39,43). The maximum atomic E-state index is 13.2. The van der Waals surface area contributed by atoms with E-state index in [1.807, 2.05) is 85.8 Å². The van der Waals surface area contributed by atoms with Gasteiger partial charge in [0.1, 0.15) is 0 Å². The van der Waals surface area contributed by atoms with Gasteiger partial charge in [-0.05, 0) is 96.3 Å². The van der Waals surface area contributed by atoms with Crippen LogP contribution in [0.3, 0.4) is 0 Å². The predicted octanol–water partition coefficient (Wildman–Crippen LogP) is 5.28. The van der Waals surface area contributed by atoms with Crippen molar-refractivity contribution in [2.24, 2.45) is 0 Å². The monoisotopic (exact) mass is 652 g/mol. The van der Waals surface area contributed by atoms with Crippen LogP contribution in [0, 0.1) is 6.92 Å². The smallest absolute Gasteiger partial charge is 0.255 e. The van der Waals surface area contributed by atoms with Crippen molar-refractivity contribution in [1.82, 2.24) is 4.90 Å². The Bertz CT molecular complexity index is 1800. The third kappa shape index (κ3) is 8.45. The van der Waals surface area contributed by atoms with Gasteiger partial charge >= 0.3 is 0 Å². The third-order valence-corrected chi connectivity index (χ3v) is 10.4. The van der Waals surface area contributed by atoms with Crippen LogP contribution in [0.4, 0.5) is 17.1 Å². The van der Waals surface area contributed by atoms with Crippen LogP contribution in [0.2, 0.25) is 0 Å². The van der Waals surface area contributed by atoms with Gasteiger partial charge in [-0.25, -0.2) is 8.42 Å². The van der Waals surface area contributed by atoms with Gasteiger partial charge in [-0.3, -0.25) is 9.59 Å². The molecule has 0 saturated carbocycles. The zero-order valence-electron chi connectivity index (χ0n) is 26.6. The van der Waals surface area contributed by atoms with Gasteiger partial charge in [0.15, 0.2) is 9.84 Å². The number of sulfone groups is 1. The number of morpholine rings is 1. The van der Waals surface area contributed by atoms with Crippen LogP contribution >= 0.6 is 0 Å². The van der Waals surface area contributed by atoms with Crippen LogP contribution in [0.5, 0.6) is 0 Å². The zero-order chi connectivity index (χ0) is 32.8. The quantitative estimate of drug-likeness (QED) is 0.254. The minimum atomic E-state index is -2.88. The normalized spacial score (nSPS) is 16.4. The molecule has 0 atom stereocenters. The second-order valence-corrected chi connectivity index (χ2v) is 14.4. The van der Waals surface area contributed by atoms with E-state index in [1.165, 1.54) is 0 Å². The van der Waals surface area contributed by atoms with Crippen molar-refractivity contribution in [2.75, 3.05) is 73.0 Å². The van der Waals surface area contributed by atoms with Gasteiger partial charge in [0.2, 0.25) is 0 Å². The molecule has 0 aromatic heterocycles. The summed E-state index contributed by atoms with van der Waals surface area (Å²) in [5.74, 6) is 0.0694. The molecule has 2 N–H and O–H groups in total. The summed E-state index contributed by atoms with van der Waals surface area (Å²) >= 11 is 0. The number of hydrogen-bond acceptors (Lipinski definition) is 7. The molecule has 4 aromatic rings. The Kier molecular flexibility index (Phi) is 10.0. The summed E-state index contributed by atoms with van der Waals surface area (Å²) in [6.07, 6.45) is 0.820. The van der Waals surface area contributed by atoms with E-state index < -0.39 is 9.84 Å². The molecule has 0 spiro atoms. The largest absolute Gasteiger partial charge is 0.378 e. The van der Waals surface area contributed by atoms with Gasteiger partial charge in [-0.1, -0.05) is 30.3 Å². The Balaban J connectivity index is 1.04. The lowest BCUT2D eigenvalue weighted by Gasteiger charge is -2.28. The molecule has 2 fully saturated rings. The Morgan fingerprint density at radius 3 is 1.94 bits per heavy atom. The molecule has 0 radical (unpaired) electrons. The van der Waals surface area contributed by atoms with E-state index >= 15 is 0 Å². The topological polar surface area (TPSA) is 108 Å². The lowest BCUT2D eigenvalue weighted by Crippen LogP contribution is -2.41. The number of nitrogens with one attached hydrogen (secondary N) is 2. The molecule has 2 heterocycles. The lowest BCUT2D eigenvalue weighted by atomic mass is 9.97. The first-order valence-electron chi connectivity index (χ1n) is 16.0. The number of carbonyl (C=O) groups is 2. The molecule has 47 heavy (non-hydrogen) atoms. The number of carbonyl (C=O) groups excluding carboxylic acids is 2. The highest BCUT2D eigenvalue weighted by Crippen LogP contribution is 2.26. The average molecular weight is 653 g/mol. The van der Waals surface area contributed by atoms with Crippen LogP contribution < -0.4 is 15.5 Å².